The highest BCUT2D eigenvalue weighted by atomic mass is 32.2. The normalized spacial score (nSPS) is 13.1. The number of amides is 1. The predicted octanol–water partition coefficient (Wildman–Crippen LogP) is 0.0239. The van der Waals surface area contributed by atoms with Gasteiger partial charge < -0.3 is 10.4 Å². The second-order valence-corrected chi connectivity index (χ2v) is 5.20. The van der Waals surface area contributed by atoms with E-state index in [4.69, 9.17) is 9.66 Å². The molecule has 0 aromatic carbocycles. The third-order valence-corrected chi connectivity index (χ3v) is 3.19. The molecular weight excluding hydrogens is 250 g/mol. The molecule has 0 aliphatic heterocycles. The van der Waals surface area contributed by atoms with Gasteiger partial charge >= 0.3 is 5.97 Å². The summed E-state index contributed by atoms with van der Waals surface area (Å²) in [5, 5.41) is 8.80. The predicted molar refractivity (Wildman–Crippen MR) is 60.1 cm³/mol. The van der Waals surface area contributed by atoms with Crippen molar-refractivity contribution in [3.05, 3.63) is 0 Å². The van der Waals surface area contributed by atoms with Crippen LogP contribution in [0.5, 0.6) is 0 Å². The van der Waals surface area contributed by atoms with Crippen molar-refractivity contribution in [2.75, 3.05) is 6.54 Å². The SMILES string of the molecule is CCCCCNC(=O)C(CC(=O)O)S(=O)(=O)O. The zero-order valence-corrected chi connectivity index (χ0v) is 10.4. The largest absolute Gasteiger partial charge is 0.481 e. The van der Waals surface area contributed by atoms with E-state index < -0.39 is 33.7 Å². The molecule has 0 aliphatic rings. The number of aliphatic carboxylic acids is 1. The van der Waals surface area contributed by atoms with E-state index in [0.717, 1.165) is 12.8 Å². The number of rotatable bonds is 8. The molecule has 7 nitrogen and oxygen atoms in total. The molecule has 0 bridgehead atoms. The first-order valence-electron chi connectivity index (χ1n) is 5.24. The van der Waals surface area contributed by atoms with E-state index in [-0.39, 0.29) is 6.54 Å². The van der Waals surface area contributed by atoms with Crippen LogP contribution in [0.2, 0.25) is 0 Å². The van der Waals surface area contributed by atoms with E-state index in [9.17, 15) is 18.0 Å². The fourth-order valence-corrected chi connectivity index (χ4v) is 1.90. The highest BCUT2D eigenvalue weighted by Gasteiger charge is 2.33. The van der Waals surface area contributed by atoms with Gasteiger partial charge in [-0.2, -0.15) is 8.42 Å². The molecule has 0 radical (unpaired) electrons. The molecule has 0 saturated heterocycles. The summed E-state index contributed by atoms with van der Waals surface area (Å²) >= 11 is 0. The monoisotopic (exact) mass is 267 g/mol. The van der Waals surface area contributed by atoms with E-state index >= 15 is 0 Å². The van der Waals surface area contributed by atoms with Crippen LogP contribution in [-0.2, 0) is 19.7 Å². The van der Waals surface area contributed by atoms with Crippen LogP contribution < -0.4 is 5.32 Å². The van der Waals surface area contributed by atoms with Crippen molar-refractivity contribution in [3.8, 4) is 0 Å². The van der Waals surface area contributed by atoms with Crippen molar-refractivity contribution in [3.63, 3.8) is 0 Å². The van der Waals surface area contributed by atoms with Crippen molar-refractivity contribution >= 4 is 22.0 Å². The molecule has 0 aliphatic carbocycles. The Morgan fingerprint density at radius 3 is 2.29 bits per heavy atom. The Kier molecular flexibility index (Phi) is 6.74. The van der Waals surface area contributed by atoms with E-state index in [0.29, 0.717) is 6.42 Å². The zero-order chi connectivity index (χ0) is 13.5. The van der Waals surface area contributed by atoms with E-state index in [1.165, 1.54) is 0 Å². The number of carboxylic acid groups (broad SMARTS) is 1. The molecule has 100 valence electrons. The zero-order valence-electron chi connectivity index (χ0n) is 9.55. The first-order chi connectivity index (χ1) is 7.79. The summed E-state index contributed by atoms with van der Waals surface area (Å²) < 4.78 is 30.4. The summed E-state index contributed by atoms with van der Waals surface area (Å²) in [5.41, 5.74) is 0. The van der Waals surface area contributed by atoms with Crippen LogP contribution in [0.3, 0.4) is 0 Å². The van der Waals surface area contributed by atoms with Crippen molar-refractivity contribution < 1.29 is 27.7 Å². The van der Waals surface area contributed by atoms with Gasteiger partial charge in [0.15, 0.2) is 5.25 Å². The molecule has 1 atom stereocenters. The van der Waals surface area contributed by atoms with Crippen LogP contribution in [0.25, 0.3) is 0 Å². The quantitative estimate of drug-likeness (QED) is 0.421. The Morgan fingerprint density at radius 2 is 1.88 bits per heavy atom. The van der Waals surface area contributed by atoms with Crippen molar-refractivity contribution in [2.45, 2.75) is 37.9 Å². The van der Waals surface area contributed by atoms with Gasteiger partial charge in [0.2, 0.25) is 5.91 Å². The number of nitrogens with one attached hydrogen (secondary N) is 1. The molecule has 1 amide bonds. The van der Waals surface area contributed by atoms with Gasteiger partial charge in [0.25, 0.3) is 10.1 Å². The molecule has 17 heavy (non-hydrogen) atoms. The molecule has 1 unspecified atom stereocenters. The lowest BCUT2D eigenvalue weighted by Gasteiger charge is -2.11. The van der Waals surface area contributed by atoms with E-state index in [1.54, 1.807) is 0 Å². The van der Waals surface area contributed by atoms with E-state index in [2.05, 4.69) is 5.32 Å². The topological polar surface area (TPSA) is 121 Å². The summed E-state index contributed by atoms with van der Waals surface area (Å²) in [5.74, 6) is -2.44. The molecule has 8 heteroatoms. The second kappa shape index (κ2) is 7.23. The number of carboxylic acids is 1. The summed E-state index contributed by atoms with van der Waals surface area (Å²) in [7, 11) is -4.69. The highest BCUT2D eigenvalue weighted by Crippen LogP contribution is 2.05. The van der Waals surface area contributed by atoms with Gasteiger partial charge in [0, 0.05) is 6.54 Å². The number of hydrogen-bond acceptors (Lipinski definition) is 4. The fraction of sp³-hybridized carbons (Fsp3) is 0.778. The summed E-state index contributed by atoms with van der Waals surface area (Å²) in [4.78, 5) is 21.8. The summed E-state index contributed by atoms with van der Waals surface area (Å²) in [6.07, 6.45) is 1.54. The minimum Gasteiger partial charge on any atom is -0.481 e. The molecule has 0 aromatic rings. The van der Waals surface area contributed by atoms with Gasteiger partial charge in [-0.05, 0) is 6.42 Å². The molecule has 0 spiro atoms. The van der Waals surface area contributed by atoms with Gasteiger partial charge in [-0.25, -0.2) is 0 Å². The Morgan fingerprint density at radius 1 is 1.29 bits per heavy atom. The third kappa shape index (κ3) is 6.90. The lowest BCUT2D eigenvalue weighted by atomic mass is 10.2. The van der Waals surface area contributed by atoms with Gasteiger partial charge in [-0.3, -0.25) is 14.1 Å². The van der Waals surface area contributed by atoms with Crippen molar-refractivity contribution in [2.24, 2.45) is 0 Å². The average molecular weight is 267 g/mol. The first kappa shape index (κ1) is 15.9. The second-order valence-electron chi connectivity index (χ2n) is 3.60. The number of carbonyl (C=O) groups excluding carboxylic acids is 1. The van der Waals surface area contributed by atoms with Gasteiger partial charge in [0.05, 0.1) is 6.42 Å². The van der Waals surface area contributed by atoms with Crippen LogP contribution >= 0.6 is 0 Å². The lowest BCUT2D eigenvalue weighted by Crippen LogP contribution is -2.41. The Balaban J connectivity index is 4.40. The number of carbonyl (C=O) groups is 2. The van der Waals surface area contributed by atoms with Crippen LogP contribution in [0.4, 0.5) is 0 Å². The third-order valence-electron chi connectivity index (χ3n) is 2.09. The average Bonchev–Trinajstić information content (AvgIpc) is 2.19. The number of unbranched alkanes of at least 4 members (excludes halogenated alkanes) is 2. The van der Waals surface area contributed by atoms with Crippen LogP contribution in [0.15, 0.2) is 0 Å². The smallest absolute Gasteiger partial charge is 0.305 e. The minimum absolute atomic E-state index is 0.262. The molecular formula is C9H17NO6S. The number of hydrogen-bond donors (Lipinski definition) is 3. The summed E-state index contributed by atoms with van der Waals surface area (Å²) in [6.45, 7) is 2.23. The molecule has 0 rings (SSSR count). The van der Waals surface area contributed by atoms with Gasteiger partial charge in [0.1, 0.15) is 0 Å². The lowest BCUT2D eigenvalue weighted by molar-refractivity contribution is -0.138. The van der Waals surface area contributed by atoms with Crippen LogP contribution in [-0.4, -0.2) is 41.7 Å². The Labute approximate surface area is 100.0 Å². The Hall–Kier alpha value is -1.15. The van der Waals surface area contributed by atoms with Crippen molar-refractivity contribution in [1.82, 2.24) is 5.32 Å². The standard InChI is InChI=1S/C9H17NO6S/c1-2-3-4-5-10-9(13)7(6-8(11)12)17(14,15)16/h7H,2-6H2,1H3,(H,10,13)(H,11,12)(H,14,15,16). The first-order valence-corrected chi connectivity index (χ1v) is 6.75. The van der Waals surface area contributed by atoms with Crippen LogP contribution in [0, 0.1) is 0 Å². The maximum Gasteiger partial charge on any atom is 0.305 e. The molecule has 0 heterocycles. The maximum atomic E-state index is 11.4. The summed E-state index contributed by atoms with van der Waals surface area (Å²) in [6, 6.07) is 0. The van der Waals surface area contributed by atoms with Crippen molar-refractivity contribution in [1.29, 1.82) is 0 Å². The highest BCUT2D eigenvalue weighted by molar-refractivity contribution is 7.87. The Bertz CT molecular complexity index is 364. The van der Waals surface area contributed by atoms with E-state index in [1.807, 2.05) is 6.92 Å². The molecule has 0 saturated carbocycles. The fourth-order valence-electron chi connectivity index (χ4n) is 1.19. The van der Waals surface area contributed by atoms with Gasteiger partial charge in [-0.15, -0.1) is 0 Å². The minimum atomic E-state index is -4.69. The molecule has 0 aromatic heterocycles. The maximum absolute atomic E-state index is 11.4. The molecule has 0 fully saturated rings. The van der Waals surface area contributed by atoms with Gasteiger partial charge in [-0.1, -0.05) is 19.8 Å². The van der Waals surface area contributed by atoms with Crippen LogP contribution in [0.1, 0.15) is 32.6 Å². The molecule has 3 N–H and O–H groups in total.